The molecule has 70 heavy (non-hydrogen) atoms. The molecule has 11 nitrogen and oxygen atoms in total. The van der Waals surface area contributed by atoms with Gasteiger partial charge in [-0.3, -0.25) is 4.79 Å². The molecule has 6 atom stereocenters. The van der Waals surface area contributed by atoms with Crippen LogP contribution >= 0.6 is 0 Å². The first-order chi connectivity index (χ1) is 32.2. The summed E-state index contributed by atoms with van der Waals surface area (Å²) in [5, 5.41) is 12.3. The van der Waals surface area contributed by atoms with Gasteiger partial charge in [0.2, 0.25) is 0 Å². The first-order valence-corrected chi connectivity index (χ1v) is 33.3. The van der Waals surface area contributed by atoms with Gasteiger partial charge in [0, 0.05) is 43.8 Å². The van der Waals surface area contributed by atoms with Crippen LogP contribution in [-0.2, 0) is 46.0 Å². The third kappa shape index (κ3) is 13.3. The highest BCUT2D eigenvalue weighted by molar-refractivity contribution is 6.79. The number of hydrogen-bond donors (Lipinski definition) is 1. The molecule has 1 fully saturated rings. The van der Waals surface area contributed by atoms with Crippen molar-refractivity contribution < 1.29 is 51.7 Å². The molecule has 2 aromatic carbocycles. The van der Waals surface area contributed by atoms with E-state index >= 15 is 0 Å². The molecule has 0 unspecified atom stereocenters. The van der Waals surface area contributed by atoms with Gasteiger partial charge < -0.3 is 37.3 Å². The molecule has 0 aliphatic carbocycles. The van der Waals surface area contributed by atoms with E-state index in [1.165, 1.54) is 14.2 Å². The van der Waals surface area contributed by atoms with Crippen LogP contribution in [-0.4, -0.2) is 92.5 Å². The van der Waals surface area contributed by atoms with Crippen molar-refractivity contribution in [2.45, 2.75) is 239 Å². The normalized spacial score (nSPS) is 19.5. The molecule has 3 rings (SSSR count). The highest BCUT2D eigenvalue weighted by atomic mass is 28.4. The van der Waals surface area contributed by atoms with E-state index in [0.717, 1.165) is 5.56 Å². The molecule has 0 radical (unpaired) electrons. The van der Waals surface area contributed by atoms with Crippen molar-refractivity contribution in [3.8, 4) is 11.5 Å². The van der Waals surface area contributed by atoms with Gasteiger partial charge in [-0.1, -0.05) is 155 Å². The Morgan fingerprint density at radius 1 is 0.786 bits per heavy atom. The summed E-state index contributed by atoms with van der Waals surface area (Å²) in [6.45, 7) is 45.5. The van der Waals surface area contributed by atoms with Crippen LogP contribution in [0.25, 0.3) is 0 Å². The number of rotatable bonds is 24. The van der Waals surface area contributed by atoms with Crippen LogP contribution in [0.1, 0.15) is 165 Å². The largest absolute Gasteiger partial charge is 0.542 e. The number of hydrogen-bond acceptors (Lipinski definition) is 11. The van der Waals surface area contributed by atoms with Crippen molar-refractivity contribution in [1.82, 2.24) is 0 Å². The zero-order valence-electron chi connectivity index (χ0n) is 47.8. The van der Waals surface area contributed by atoms with Crippen LogP contribution in [0.3, 0.4) is 0 Å². The van der Waals surface area contributed by atoms with Gasteiger partial charge in [0.05, 0.1) is 31.5 Å². The van der Waals surface area contributed by atoms with Gasteiger partial charge in [-0.05, 0) is 75.0 Å². The number of carbonyl (C=O) groups excluding carboxylic acids is 3. The number of methoxy groups -OCH3 is 2. The Bertz CT molecular complexity index is 2000. The third-order valence-corrected chi connectivity index (χ3v) is 33.1. The van der Waals surface area contributed by atoms with E-state index in [1.54, 1.807) is 6.92 Å². The molecule has 2 aromatic rings. The second-order valence-electron chi connectivity index (χ2n) is 24.2. The number of esters is 2. The lowest BCUT2D eigenvalue weighted by Crippen LogP contribution is -2.59. The van der Waals surface area contributed by atoms with Gasteiger partial charge in [0.25, 0.3) is 16.6 Å². The molecule has 1 aliphatic heterocycles. The van der Waals surface area contributed by atoms with E-state index in [4.69, 9.17) is 32.2 Å². The van der Waals surface area contributed by atoms with Gasteiger partial charge in [-0.25, -0.2) is 9.59 Å². The van der Waals surface area contributed by atoms with Gasteiger partial charge in [0.1, 0.15) is 29.5 Å². The fourth-order valence-corrected chi connectivity index (χ4v) is 23.2. The Morgan fingerprint density at radius 3 is 1.71 bits per heavy atom. The Kier molecular flexibility index (Phi) is 21.5. The third-order valence-electron chi connectivity index (χ3n) is 16.6. The number of Topliss-reactive ketones (excluding diaryl/α,β-unsaturated/α-hetero) is 1. The molecule has 0 aromatic heterocycles. The SMILES string of the molecule is COC(=O)c1c(O[Si](C(C)C)(C(C)C)C(C)C)cc(O[Si](C(C)C)(C(C)C)C(C)C)c(C)c1C[C@@H](O)[C@H](C)C(=O)C[C@H]1O[C@H]([C@H](OC)C(=O)OCc2ccccc2)C[C@@H](O[Si](C)(C)C(C)(C)C)C1(C)C. The van der Waals surface area contributed by atoms with E-state index in [-0.39, 0.29) is 69.1 Å². The molecule has 398 valence electrons. The second-order valence-corrected chi connectivity index (χ2v) is 39.8. The summed E-state index contributed by atoms with van der Waals surface area (Å²) < 4.78 is 46.0. The van der Waals surface area contributed by atoms with E-state index < -0.39 is 78.7 Å². The molecule has 0 saturated carbocycles. The number of benzene rings is 2. The summed E-state index contributed by atoms with van der Waals surface area (Å²) >= 11 is 0. The lowest BCUT2D eigenvalue weighted by molar-refractivity contribution is -0.210. The summed E-state index contributed by atoms with van der Waals surface area (Å²) in [6, 6.07) is 11.4. The second kappa shape index (κ2) is 24.4. The summed E-state index contributed by atoms with van der Waals surface area (Å²) in [5.41, 5.74) is 3.03. The lowest BCUT2D eigenvalue weighted by atomic mass is 9.73. The van der Waals surface area contributed by atoms with Gasteiger partial charge in [0.15, 0.2) is 14.4 Å². The topological polar surface area (TPSA) is 136 Å². The average Bonchev–Trinajstić information content (AvgIpc) is 3.25. The standard InChI is InChI=1S/C56H96O11Si3/c1-34(2)69(35(3)4,36(5)6)65-46-31-47(66-70(37(7)8,38(9)10)39(11)12)51(53(59)62-21)43(40(46)13)29-44(57)41(14)45(58)30-49-56(18,19)50(67-68(22,23)55(15,16)17)32-48(64-49)52(61-20)54(60)63-33-42-27-25-24-26-28-42/h24-28,31,34-39,41,44,48-50,52,57H,29-30,32-33H2,1-23H3/t41-,44+,48-,49+,50+,52-/m0/s1. The summed E-state index contributed by atoms with van der Waals surface area (Å²) in [7, 11) is -4.78. The minimum absolute atomic E-state index is 0.0381. The van der Waals surface area contributed by atoms with Crippen molar-refractivity contribution in [3.63, 3.8) is 0 Å². The van der Waals surface area contributed by atoms with Crippen molar-refractivity contribution in [3.05, 3.63) is 58.7 Å². The Hall–Kier alpha value is -2.86. The van der Waals surface area contributed by atoms with Crippen LogP contribution in [0.2, 0.25) is 51.4 Å². The zero-order chi connectivity index (χ0) is 53.6. The van der Waals surface area contributed by atoms with E-state index in [0.29, 0.717) is 29.0 Å². The predicted octanol–water partition coefficient (Wildman–Crippen LogP) is 13.7. The summed E-state index contributed by atoms with van der Waals surface area (Å²) in [6.07, 6.45) is -3.94. The number of carbonyl (C=O) groups is 3. The molecule has 1 heterocycles. The minimum Gasteiger partial charge on any atom is -0.542 e. The molecule has 0 bridgehead atoms. The van der Waals surface area contributed by atoms with Gasteiger partial charge >= 0.3 is 11.9 Å². The number of ether oxygens (including phenoxy) is 4. The maximum Gasteiger partial charge on any atom is 0.341 e. The molecule has 14 heteroatoms. The number of ketones is 1. The highest BCUT2D eigenvalue weighted by Crippen LogP contribution is 2.50. The average molecular weight is 1030 g/mol. The molecule has 1 aliphatic rings. The predicted molar refractivity (Wildman–Crippen MR) is 291 cm³/mol. The first kappa shape index (κ1) is 61.4. The molecule has 0 spiro atoms. The van der Waals surface area contributed by atoms with Crippen LogP contribution in [0.15, 0.2) is 36.4 Å². The molecule has 1 N–H and O–H groups in total. The van der Waals surface area contributed by atoms with Crippen molar-refractivity contribution in [1.29, 1.82) is 0 Å². The quantitative estimate of drug-likeness (QED) is 0.0795. The number of aliphatic hydroxyl groups is 1. The van der Waals surface area contributed by atoms with Crippen LogP contribution < -0.4 is 8.85 Å². The lowest BCUT2D eigenvalue weighted by Gasteiger charge is -2.52. The van der Waals surface area contributed by atoms with Crippen LogP contribution in [0, 0.1) is 18.3 Å². The summed E-state index contributed by atoms with van der Waals surface area (Å²) in [4.78, 5) is 42.9. The van der Waals surface area contributed by atoms with E-state index in [2.05, 4.69) is 131 Å². The van der Waals surface area contributed by atoms with Gasteiger partial charge in [-0.2, -0.15) is 0 Å². The minimum atomic E-state index is -2.67. The van der Waals surface area contributed by atoms with Crippen molar-refractivity contribution in [2.24, 2.45) is 11.3 Å². The summed E-state index contributed by atoms with van der Waals surface area (Å²) in [5.74, 6) is -1.21. The molecule has 0 amide bonds. The Morgan fingerprint density at radius 2 is 1.27 bits per heavy atom. The Labute approximate surface area is 427 Å². The zero-order valence-corrected chi connectivity index (χ0v) is 50.8. The smallest absolute Gasteiger partial charge is 0.341 e. The molecular formula is C56H96O11Si3. The van der Waals surface area contributed by atoms with Crippen LogP contribution in [0.5, 0.6) is 11.5 Å². The first-order valence-electron chi connectivity index (χ1n) is 26.1. The fourth-order valence-electron chi connectivity index (χ4n) is 11.2. The van der Waals surface area contributed by atoms with Gasteiger partial charge in [-0.15, -0.1) is 0 Å². The maximum atomic E-state index is 14.8. The van der Waals surface area contributed by atoms with E-state index in [9.17, 15) is 19.5 Å². The molecule has 1 saturated heterocycles. The fraction of sp³-hybridized carbons (Fsp3) is 0.732. The Balaban J connectivity index is 2.19. The maximum absolute atomic E-state index is 14.8. The molecular weight excluding hydrogens is 933 g/mol. The number of aliphatic hydroxyl groups excluding tert-OH is 1. The highest BCUT2D eigenvalue weighted by Gasteiger charge is 2.54. The van der Waals surface area contributed by atoms with Crippen LogP contribution in [0.4, 0.5) is 0 Å². The van der Waals surface area contributed by atoms with E-state index in [1.807, 2.05) is 43.3 Å². The van der Waals surface area contributed by atoms with Crippen molar-refractivity contribution in [2.75, 3.05) is 14.2 Å². The monoisotopic (exact) mass is 1030 g/mol. The van der Waals surface area contributed by atoms with Crippen molar-refractivity contribution >= 4 is 42.7 Å².